The quantitative estimate of drug-likeness (QED) is 0.887. The van der Waals surface area contributed by atoms with E-state index >= 15 is 0 Å². The van der Waals surface area contributed by atoms with Gasteiger partial charge in [-0.1, -0.05) is 5.16 Å². The van der Waals surface area contributed by atoms with Gasteiger partial charge in [0, 0.05) is 25.2 Å². The number of hydrogen-bond donors (Lipinski definition) is 1. The molecule has 0 aliphatic rings. The highest BCUT2D eigenvalue weighted by molar-refractivity contribution is 5.96. The maximum absolute atomic E-state index is 12.2. The van der Waals surface area contributed by atoms with Crippen LogP contribution in [0.15, 0.2) is 4.52 Å². The molecule has 0 aliphatic heterocycles. The Bertz CT molecular complexity index is 614. The van der Waals surface area contributed by atoms with Gasteiger partial charge in [-0.2, -0.15) is 10.1 Å². The van der Waals surface area contributed by atoms with Crippen molar-refractivity contribution in [2.45, 2.75) is 40.7 Å². The smallest absolute Gasteiger partial charge is 0.255 e. The van der Waals surface area contributed by atoms with Crippen LogP contribution in [0.25, 0.3) is 0 Å². The van der Waals surface area contributed by atoms with E-state index in [0.717, 1.165) is 17.9 Å². The van der Waals surface area contributed by atoms with Crippen LogP contribution in [0.2, 0.25) is 0 Å². The van der Waals surface area contributed by atoms with Gasteiger partial charge in [0.15, 0.2) is 5.82 Å². The molecule has 0 spiro atoms. The van der Waals surface area contributed by atoms with Crippen LogP contribution in [0.4, 0.5) is 0 Å². The summed E-state index contributed by atoms with van der Waals surface area (Å²) in [4.78, 5) is 16.3. The van der Waals surface area contributed by atoms with Gasteiger partial charge >= 0.3 is 0 Å². The molecule has 1 amide bonds. The van der Waals surface area contributed by atoms with Crippen LogP contribution < -0.4 is 5.32 Å². The maximum atomic E-state index is 12.2. The second kappa shape index (κ2) is 5.85. The van der Waals surface area contributed by atoms with E-state index in [9.17, 15) is 4.79 Å². The van der Waals surface area contributed by atoms with E-state index in [1.54, 1.807) is 6.92 Å². The minimum Gasteiger partial charge on any atom is -0.351 e. The van der Waals surface area contributed by atoms with Gasteiger partial charge in [-0.15, -0.1) is 0 Å². The number of amides is 1. The lowest BCUT2D eigenvalue weighted by atomic mass is 10.2. The largest absolute Gasteiger partial charge is 0.351 e. The van der Waals surface area contributed by atoms with Crippen LogP contribution in [-0.4, -0.2) is 32.4 Å². The Labute approximate surface area is 117 Å². The zero-order valence-electron chi connectivity index (χ0n) is 12.2. The number of nitrogens with zero attached hydrogens (tertiary/aromatic N) is 4. The van der Waals surface area contributed by atoms with Crippen LogP contribution in [0, 0.1) is 20.8 Å². The molecule has 7 heteroatoms. The molecule has 2 aromatic heterocycles. The van der Waals surface area contributed by atoms with Crippen molar-refractivity contribution in [2.75, 3.05) is 6.54 Å². The molecular formula is C13H19N5O2. The van der Waals surface area contributed by atoms with Gasteiger partial charge in [0.1, 0.15) is 0 Å². The molecule has 0 aromatic carbocycles. The molecule has 0 aliphatic carbocycles. The summed E-state index contributed by atoms with van der Waals surface area (Å²) < 4.78 is 6.82. The highest BCUT2D eigenvalue weighted by Crippen LogP contribution is 2.12. The lowest BCUT2D eigenvalue weighted by molar-refractivity contribution is 0.0952. The fourth-order valence-corrected chi connectivity index (χ4v) is 2.15. The van der Waals surface area contributed by atoms with Crippen molar-refractivity contribution in [3.8, 4) is 0 Å². The number of carbonyl (C=O) groups excluding carboxylic acids is 1. The van der Waals surface area contributed by atoms with E-state index in [2.05, 4.69) is 20.6 Å². The summed E-state index contributed by atoms with van der Waals surface area (Å²) in [7, 11) is 0. The van der Waals surface area contributed by atoms with Gasteiger partial charge in [-0.05, 0) is 27.7 Å². The summed E-state index contributed by atoms with van der Waals surface area (Å²) in [6, 6.07) is 0. The molecule has 108 valence electrons. The van der Waals surface area contributed by atoms with Crippen molar-refractivity contribution in [2.24, 2.45) is 0 Å². The number of aryl methyl sites for hydroxylation is 3. The highest BCUT2D eigenvalue weighted by atomic mass is 16.5. The summed E-state index contributed by atoms with van der Waals surface area (Å²) in [5, 5.41) is 10.9. The van der Waals surface area contributed by atoms with Gasteiger partial charge in [0.2, 0.25) is 5.89 Å². The first-order chi connectivity index (χ1) is 9.52. The van der Waals surface area contributed by atoms with Crippen LogP contribution in [0.1, 0.15) is 40.4 Å². The van der Waals surface area contributed by atoms with Gasteiger partial charge in [-0.3, -0.25) is 9.48 Å². The summed E-state index contributed by atoms with van der Waals surface area (Å²) in [5.74, 6) is 1.01. The molecule has 20 heavy (non-hydrogen) atoms. The van der Waals surface area contributed by atoms with E-state index in [0.29, 0.717) is 30.2 Å². The predicted octanol–water partition coefficient (Wildman–Crippen LogP) is 1.18. The SMILES string of the molecule is CCn1nc(C)c(C(=O)NCCc2nc(C)no2)c1C. The number of aromatic nitrogens is 4. The van der Waals surface area contributed by atoms with Gasteiger partial charge < -0.3 is 9.84 Å². The van der Waals surface area contributed by atoms with Crippen molar-refractivity contribution in [3.63, 3.8) is 0 Å². The predicted molar refractivity (Wildman–Crippen MR) is 72.4 cm³/mol. The second-order valence-corrected chi connectivity index (χ2v) is 4.60. The number of rotatable bonds is 5. The molecule has 7 nitrogen and oxygen atoms in total. The maximum Gasteiger partial charge on any atom is 0.255 e. The molecular weight excluding hydrogens is 258 g/mol. The number of nitrogens with one attached hydrogen (secondary N) is 1. The van der Waals surface area contributed by atoms with E-state index in [1.165, 1.54) is 0 Å². The fourth-order valence-electron chi connectivity index (χ4n) is 2.15. The Morgan fingerprint density at radius 3 is 2.65 bits per heavy atom. The van der Waals surface area contributed by atoms with Crippen LogP contribution in [-0.2, 0) is 13.0 Å². The zero-order valence-corrected chi connectivity index (χ0v) is 12.2. The van der Waals surface area contributed by atoms with E-state index < -0.39 is 0 Å². The Hall–Kier alpha value is -2.18. The first-order valence-corrected chi connectivity index (χ1v) is 6.64. The van der Waals surface area contributed by atoms with Crippen LogP contribution in [0.5, 0.6) is 0 Å². The molecule has 2 rings (SSSR count). The van der Waals surface area contributed by atoms with Crippen molar-refractivity contribution in [1.82, 2.24) is 25.2 Å². The van der Waals surface area contributed by atoms with Crippen molar-refractivity contribution in [3.05, 3.63) is 28.7 Å². The second-order valence-electron chi connectivity index (χ2n) is 4.60. The van der Waals surface area contributed by atoms with E-state index in [4.69, 9.17) is 4.52 Å². The average molecular weight is 277 g/mol. The van der Waals surface area contributed by atoms with Crippen LogP contribution >= 0.6 is 0 Å². The summed E-state index contributed by atoms with van der Waals surface area (Å²) in [5.41, 5.74) is 2.28. The minimum absolute atomic E-state index is 0.115. The average Bonchev–Trinajstić information content (AvgIpc) is 2.93. The first kappa shape index (κ1) is 14.2. The van der Waals surface area contributed by atoms with E-state index in [-0.39, 0.29) is 5.91 Å². The Morgan fingerprint density at radius 2 is 2.10 bits per heavy atom. The molecule has 0 saturated heterocycles. The lowest BCUT2D eigenvalue weighted by Gasteiger charge is -2.04. The van der Waals surface area contributed by atoms with Crippen molar-refractivity contribution >= 4 is 5.91 Å². The Morgan fingerprint density at radius 1 is 1.35 bits per heavy atom. The molecule has 0 atom stereocenters. The Kier molecular flexibility index (Phi) is 4.16. The van der Waals surface area contributed by atoms with Crippen molar-refractivity contribution < 1.29 is 9.32 Å². The molecule has 0 saturated carbocycles. The summed E-state index contributed by atoms with van der Waals surface area (Å²) >= 11 is 0. The highest BCUT2D eigenvalue weighted by Gasteiger charge is 2.17. The molecule has 0 bridgehead atoms. The fraction of sp³-hybridized carbons (Fsp3) is 0.538. The monoisotopic (exact) mass is 277 g/mol. The summed E-state index contributed by atoms with van der Waals surface area (Å²) in [6.07, 6.45) is 0.520. The minimum atomic E-state index is -0.115. The zero-order chi connectivity index (χ0) is 14.7. The molecule has 0 fully saturated rings. The normalized spacial score (nSPS) is 10.8. The topological polar surface area (TPSA) is 85.8 Å². The van der Waals surface area contributed by atoms with Crippen LogP contribution in [0.3, 0.4) is 0 Å². The molecule has 2 heterocycles. The molecule has 0 unspecified atom stereocenters. The molecule has 0 radical (unpaired) electrons. The third kappa shape index (κ3) is 2.87. The number of hydrogen-bond acceptors (Lipinski definition) is 5. The van der Waals surface area contributed by atoms with Gasteiger partial charge in [0.05, 0.1) is 11.3 Å². The molecule has 2 aromatic rings. The van der Waals surface area contributed by atoms with Gasteiger partial charge in [0.25, 0.3) is 5.91 Å². The lowest BCUT2D eigenvalue weighted by Crippen LogP contribution is -2.26. The third-order valence-corrected chi connectivity index (χ3v) is 3.10. The van der Waals surface area contributed by atoms with Crippen molar-refractivity contribution in [1.29, 1.82) is 0 Å². The first-order valence-electron chi connectivity index (χ1n) is 6.64. The number of carbonyl (C=O) groups is 1. The summed E-state index contributed by atoms with van der Waals surface area (Å²) in [6.45, 7) is 8.71. The Balaban J connectivity index is 1.97. The standard InChI is InChI=1S/C13H19N5O2/c1-5-18-9(3)12(8(2)16-18)13(19)14-7-6-11-15-10(4)17-20-11/h5-7H2,1-4H3,(H,14,19). The third-order valence-electron chi connectivity index (χ3n) is 3.10. The van der Waals surface area contributed by atoms with Gasteiger partial charge in [-0.25, -0.2) is 0 Å². The molecule has 1 N–H and O–H groups in total. The van der Waals surface area contributed by atoms with E-state index in [1.807, 2.05) is 25.5 Å².